The highest BCUT2D eigenvalue weighted by atomic mass is 32.2. The average Bonchev–Trinajstić information content (AvgIpc) is 2.48. The molecule has 118 valence electrons. The summed E-state index contributed by atoms with van der Waals surface area (Å²) in [5.74, 6) is -1.94. The van der Waals surface area contributed by atoms with Gasteiger partial charge in [-0.2, -0.15) is 4.31 Å². The molecule has 4 nitrogen and oxygen atoms in total. The average molecular weight is 318 g/mol. The topological polar surface area (TPSA) is 49.4 Å². The standard InChI is InChI=1S/C14H20F2N2O2S/c1-2-17-9-11-4-3-7-18(10-11)21(19,20)12-5-6-13(15)14(16)8-12/h5-6,8,11,17H,2-4,7,9-10H2,1H3. The van der Waals surface area contributed by atoms with Gasteiger partial charge in [-0.15, -0.1) is 0 Å². The first-order chi connectivity index (χ1) is 9.95. The first-order valence-electron chi connectivity index (χ1n) is 7.11. The van der Waals surface area contributed by atoms with Gasteiger partial charge in [0.2, 0.25) is 10.0 Å². The van der Waals surface area contributed by atoms with Crippen LogP contribution in [-0.4, -0.2) is 38.9 Å². The lowest BCUT2D eigenvalue weighted by atomic mass is 10.00. The number of piperidine rings is 1. The second-order valence-corrected chi connectivity index (χ2v) is 7.19. The Morgan fingerprint density at radius 2 is 2.10 bits per heavy atom. The lowest BCUT2D eigenvalue weighted by Crippen LogP contribution is -2.42. The second-order valence-electron chi connectivity index (χ2n) is 5.25. The third-order valence-corrected chi connectivity index (χ3v) is 5.55. The molecule has 1 N–H and O–H groups in total. The number of rotatable bonds is 5. The summed E-state index contributed by atoms with van der Waals surface area (Å²) in [4.78, 5) is -0.189. The number of sulfonamides is 1. The van der Waals surface area contributed by atoms with Crippen LogP contribution in [0.25, 0.3) is 0 Å². The number of hydrogen-bond acceptors (Lipinski definition) is 3. The zero-order valence-electron chi connectivity index (χ0n) is 12.0. The predicted octanol–water partition coefficient (Wildman–Crippen LogP) is 1.97. The molecule has 21 heavy (non-hydrogen) atoms. The maximum Gasteiger partial charge on any atom is 0.243 e. The van der Waals surface area contributed by atoms with Crippen LogP contribution in [0.4, 0.5) is 8.78 Å². The van der Waals surface area contributed by atoms with E-state index < -0.39 is 21.7 Å². The second kappa shape index (κ2) is 6.81. The van der Waals surface area contributed by atoms with Crippen LogP contribution in [0, 0.1) is 17.6 Å². The van der Waals surface area contributed by atoms with Crippen molar-refractivity contribution >= 4 is 10.0 Å². The number of nitrogens with zero attached hydrogens (tertiary/aromatic N) is 1. The molecule has 0 bridgehead atoms. The minimum Gasteiger partial charge on any atom is -0.317 e. The summed E-state index contributed by atoms with van der Waals surface area (Å²) >= 11 is 0. The highest BCUT2D eigenvalue weighted by molar-refractivity contribution is 7.89. The SMILES string of the molecule is CCNCC1CCCN(S(=O)(=O)c2ccc(F)c(F)c2)C1. The van der Waals surface area contributed by atoms with E-state index in [1.807, 2.05) is 6.92 Å². The zero-order chi connectivity index (χ0) is 15.5. The van der Waals surface area contributed by atoms with Crippen LogP contribution < -0.4 is 5.32 Å². The third-order valence-electron chi connectivity index (χ3n) is 3.69. The lowest BCUT2D eigenvalue weighted by Gasteiger charge is -2.32. The molecule has 0 saturated carbocycles. The van der Waals surface area contributed by atoms with E-state index in [9.17, 15) is 17.2 Å². The number of nitrogens with one attached hydrogen (secondary N) is 1. The molecule has 1 saturated heterocycles. The summed E-state index contributed by atoms with van der Waals surface area (Å²) < 4.78 is 52.5. The minimum atomic E-state index is -3.76. The van der Waals surface area contributed by atoms with E-state index in [0.29, 0.717) is 13.1 Å². The molecule has 0 aliphatic carbocycles. The molecule has 1 heterocycles. The molecule has 2 rings (SSSR count). The van der Waals surface area contributed by atoms with Gasteiger partial charge in [-0.1, -0.05) is 6.92 Å². The number of hydrogen-bond donors (Lipinski definition) is 1. The van der Waals surface area contributed by atoms with Crippen LogP contribution in [-0.2, 0) is 10.0 Å². The maximum absolute atomic E-state index is 13.3. The van der Waals surface area contributed by atoms with Gasteiger partial charge in [0.25, 0.3) is 0 Å². The Morgan fingerprint density at radius 1 is 1.33 bits per heavy atom. The molecule has 7 heteroatoms. The molecule has 1 aliphatic heterocycles. The van der Waals surface area contributed by atoms with E-state index in [2.05, 4.69) is 5.32 Å². The fraction of sp³-hybridized carbons (Fsp3) is 0.571. The Kier molecular flexibility index (Phi) is 5.29. The molecular formula is C14H20F2N2O2S. The predicted molar refractivity (Wildman–Crippen MR) is 76.4 cm³/mol. The van der Waals surface area contributed by atoms with Gasteiger partial charge < -0.3 is 5.32 Å². The van der Waals surface area contributed by atoms with Crippen molar-refractivity contribution in [2.45, 2.75) is 24.7 Å². The van der Waals surface area contributed by atoms with E-state index in [4.69, 9.17) is 0 Å². The van der Waals surface area contributed by atoms with E-state index in [1.54, 1.807) is 0 Å². The van der Waals surface area contributed by atoms with Crippen LogP contribution in [0.5, 0.6) is 0 Å². The summed E-state index contributed by atoms with van der Waals surface area (Å²) in [5, 5.41) is 3.22. The van der Waals surface area contributed by atoms with E-state index in [1.165, 1.54) is 4.31 Å². The molecule has 1 unspecified atom stereocenters. The first-order valence-corrected chi connectivity index (χ1v) is 8.55. The van der Waals surface area contributed by atoms with Crippen LogP contribution in [0.1, 0.15) is 19.8 Å². The van der Waals surface area contributed by atoms with Crippen molar-refractivity contribution in [2.24, 2.45) is 5.92 Å². The van der Waals surface area contributed by atoms with Crippen molar-refractivity contribution in [2.75, 3.05) is 26.2 Å². The van der Waals surface area contributed by atoms with Gasteiger partial charge in [-0.25, -0.2) is 17.2 Å². The Labute approximate surface area is 124 Å². The lowest BCUT2D eigenvalue weighted by molar-refractivity contribution is 0.261. The molecule has 1 aromatic rings. The fourth-order valence-corrected chi connectivity index (χ4v) is 4.11. The molecule has 1 aliphatic rings. The highest BCUT2D eigenvalue weighted by Crippen LogP contribution is 2.24. The van der Waals surface area contributed by atoms with E-state index in [-0.39, 0.29) is 10.8 Å². The number of benzene rings is 1. The quantitative estimate of drug-likeness (QED) is 0.903. The Bertz CT molecular complexity index is 593. The van der Waals surface area contributed by atoms with Crippen LogP contribution in [0.15, 0.2) is 23.1 Å². The van der Waals surface area contributed by atoms with Gasteiger partial charge in [-0.3, -0.25) is 0 Å². The van der Waals surface area contributed by atoms with Crippen molar-refractivity contribution in [1.29, 1.82) is 0 Å². The van der Waals surface area contributed by atoms with Gasteiger partial charge in [0.15, 0.2) is 11.6 Å². The molecule has 0 aromatic heterocycles. The summed E-state index contributed by atoms with van der Waals surface area (Å²) in [7, 11) is -3.76. The van der Waals surface area contributed by atoms with Crippen molar-refractivity contribution in [3.8, 4) is 0 Å². The fourth-order valence-electron chi connectivity index (χ4n) is 2.55. The van der Waals surface area contributed by atoms with Gasteiger partial charge >= 0.3 is 0 Å². The molecule has 1 atom stereocenters. The van der Waals surface area contributed by atoms with Gasteiger partial charge in [0.05, 0.1) is 4.90 Å². The van der Waals surface area contributed by atoms with Crippen LogP contribution in [0.3, 0.4) is 0 Å². The largest absolute Gasteiger partial charge is 0.317 e. The normalized spacial score (nSPS) is 20.6. The summed E-state index contributed by atoms with van der Waals surface area (Å²) in [6.07, 6.45) is 1.75. The zero-order valence-corrected chi connectivity index (χ0v) is 12.8. The maximum atomic E-state index is 13.3. The van der Waals surface area contributed by atoms with Gasteiger partial charge in [0.1, 0.15) is 0 Å². The molecule has 0 spiro atoms. The summed E-state index contributed by atoms with van der Waals surface area (Å²) in [6, 6.07) is 2.71. The monoisotopic (exact) mass is 318 g/mol. The van der Waals surface area contributed by atoms with Gasteiger partial charge in [0, 0.05) is 13.1 Å². The molecule has 1 aromatic carbocycles. The molecular weight excluding hydrogens is 298 g/mol. The smallest absolute Gasteiger partial charge is 0.243 e. The summed E-state index contributed by atoms with van der Waals surface area (Å²) in [5.41, 5.74) is 0. The minimum absolute atomic E-state index is 0.189. The van der Waals surface area contributed by atoms with Crippen LogP contribution >= 0.6 is 0 Å². The Balaban J connectivity index is 2.16. The van der Waals surface area contributed by atoms with E-state index in [0.717, 1.165) is 44.1 Å². The van der Waals surface area contributed by atoms with Gasteiger partial charge in [-0.05, 0) is 50.0 Å². The van der Waals surface area contributed by atoms with Crippen molar-refractivity contribution in [3.63, 3.8) is 0 Å². The summed E-state index contributed by atoms with van der Waals surface area (Å²) in [6.45, 7) is 4.43. The van der Waals surface area contributed by atoms with Crippen LogP contribution in [0.2, 0.25) is 0 Å². The van der Waals surface area contributed by atoms with Crippen molar-refractivity contribution in [3.05, 3.63) is 29.8 Å². The number of halogens is 2. The van der Waals surface area contributed by atoms with E-state index >= 15 is 0 Å². The highest BCUT2D eigenvalue weighted by Gasteiger charge is 2.30. The Morgan fingerprint density at radius 3 is 2.76 bits per heavy atom. The first kappa shape index (κ1) is 16.3. The van der Waals surface area contributed by atoms with Crippen molar-refractivity contribution in [1.82, 2.24) is 9.62 Å². The molecule has 0 radical (unpaired) electrons. The van der Waals surface area contributed by atoms with Crippen molar-refractivity contribution < 1.29 is 17.2 Å². The molecule has 0 amide bonds. The third kappa shape index (κ3) is 3.78. The Hall–Kier alpha value is -1.05. The molecule has 1 fully saturated rings.